The number of amides is 1. The van der Waals surface area contributed by atoms with Gasteiger partial charge in [0.1, 0.15) is 22.7 Å². The molecule has 1 fully saturated rings. The molecule has 15 nitrogen and oxygen atoms in total. The second kappa shape index (κ2) is 11.6. The average molecular weight is 782 g/mol. The second-order valence-electron chi connectivity index (χ2n) is 12.4. The van der Waals surface area contributed by atoms with Gasteiger partial charge in [0.05, 0.1) is 51.8 Å². The van der Waals surface area contributed by atoms with Gasteiger partial charge in [-0.1, -0.05) is 0 Å². The number of halogens is 1. The summed E-state index contributed by atoms with van der Waals surface area (Å²) in [5.74, 6) is -2.94. The van der Waals surface area contributed by atoms with Gasteiger partial charge in [-0.2, -0.15) is 5.10 Å². The zero-order chi connectivity index (χ0) is 35.1. The number of aliphatic hydroxyl groups excluding tert-OH is 2. The minimum Gasteiger partial charge on any atom is -0.510 e. The molecule has 16 heteroatoms. The van der Waals surface area contributed by atoms with Crippen LogP contribution in [0.4, 0.5) is 0 Å². The Kier molecular flexibility index (Phi) is 7.71. The van der Waals surface area contributed by atoms with Gasteiger partial charge in [0.15, 0.2) is 11.2 Å². The van der Waals surface area contributed by atoms with E-state index in [0.717, 1.165) is 39.4 Å². The summed E-state index contributed by atoms with van der Waals surface area (Å²) in [4.78, 5) is 85.9. The molecule has 0 radical (unpaired) electrons. The molecule has 2 aromatic rings. The van der Waals surface area contributed by atoms with E-state index in [1.165, 1.54) is 6.21 Å². The van der Waals surface area contributed by atoms with Gasteiger partial charge in [-0.05, 0) is 54.1 Å². The second-order valence-corrected chi connectivity index (χ2v) is 13.5. The van der Waals surface area contributed by atoms with E-state index < -0.39 is 76.6 Å². The number of phenols is 1. The van der Waals surface area contributed by atoms with Crippen molar-refractivity contribution in [3.63, 3.8) is 0 Å². The van der Waals surface area contributed by atoms with Crippen LogP contribution in [0, 0.1) is 14.0 Å². The first-order valence-corrected chi connectivity index (χ1v) is 16.3. The summed E-state index contributed by atoms with van der Waals surface area (Å²) >= 11 is 1.97. The number of pyridine rings is 1. The molecule has 7 rings (SSSR count). The number of carbonyl (C=O) groups excluding carboxylic acids is 1. The van der Waals surface area contributed by atoms with E-state index in [0.29, 0.717) is 14.5 Å². The van der Waals surface area contributed by atoms with Crippen molar-refractivity contribution in [1.82, 2.24) is 20.2 Å². The molecule has 49 heavy (non-hydrogen) atoms. The third-order valence-corrected chi connectivity index (χ3v) is 11.0. The monoisotopic (exact) mass is 781 g/mol. The molecule has 0 saturated carbocycles. The standard InChI is InChI=1S/C33H28IN5O10/c1-38-5-7-39(8-6-38)12-18(41)37-35-11-13-9-15-19(32(48)36-13)29(45)24-14(25(15)34)3-4-33(24)30(46)22-23(31(33)47)28(44)21-20(27(22)43)16(40)10-17(49-2)26(21)42/h9-11,45-47H,3-8,12H2,1-2H3,(H,36,48)(H,37,41)/b35-11+/t33-/m0/s1. The summed E-state index contributed by atoms with van der Waals surface area (Å²) in [7, 11) is 3.13. The number of H-pyrrole nitrogens is 1. The van der Waals surface area contributed by atoms with Crippen molar-refractivity contribution in [3.05, 3.63) is 105 Å². The number of aliphatic hydroxyl groups is 2. The van der Waals surface area contributed by atoms with Crippen LogP contribution in [0.15, 0.2) is 41.2 Å². The number of piperazine rings is 1. The number of ether oxygens (including phenoxy) is 1. The molecule has 1 spiro atoms. The van der Waals surface area contributed by atoms with Gasteiger partial charge in [-0.25, -0.2) is 5.43 Å². The summed E-state index contributed by atoms with van der Waals surface area (Å²) in [5.41, 5.74) is -4.01. The van der Waals surface area contributed by atoms with Crippen molar-refractivity contribution in [3.8, 4) is 11.5 Å². The lowest BCUT2D eigenvalue weighted by atomic mass is 9.78. The average Bonchev–Trinajstić information content (AvgIpc) is 3.57. The molecule has 4 aliphatic carbocycles. The molecule has 1 aliphatic heterocycles. The largest absolute Gasteiger partial charge is 0.510 e. The summed E-state index contributed by atoms with van der Waals surface area (Å²) in [6.07, 6.45) is 1.28. The lowest BCUT2D eigenvalue weighted by Gasteiger charge is -2.31. The fourth-order valence-corrected chi connectivity index (χ4v) is 8.26. The summed E-state index contributed by atoms with van der Waals surface area (Å²) in [6, 6.07) is 2.33. The predicted octanol–water partition coefficient (Wildman–Crippen LogP) is -2.18. The maximum absolute atomic E-state index is 13.7. The highest BCUT2D eigenvalue weighted by atomic mass is 127. The van der Waals surface area contributed by atoms with Crippen LogP contribution in [0.25, 0.3) is 22.3 Å². The van der Waals surface area contributed by atoms with E-state index in [1.807, 2.05) is 34.5 Å². The predicted molar refractivity (Wildman–Crippen MR) is 186 cm³/mol. The molecule has 0 unspecified atom stereocenters. The van der Waals surface area contributed by atoms with Gasteiger partial charge < -0.3 is 29.9 Å². The fourth-order valence-electron chi connectivity index (χ4n) is 7.30. The van der Waals surface area contributed by atoms with Gasteiger partial charge in [-0.15, -0.1) is 0 Å². The van der Waals surface area contributed by atoms with E-state index >= 15 is 0 Å². The Morgan fingerprint density at radius 3 is 2.31 bits per heavy atom. The van der Waals surface area contributed by atoms with Gasteiger partial charge in [0.25, 0.3) is 11.5 Å². The van der Waals surface area contributed by atoms with Crippen molar-refractivity contribution < 1.29 is 24.9 Å². The third kappa shape index (κ3) is 4.64. The van der Waals surface area contributed by atoms with Crippen molar-refractivity contribution in [2.24, 2.45) is 5.10 Å². The summed E-state index contributed by atoms with van der Waals surface area (Å²) in [6.45, 7) is 3.37. The zero-order valence-electron chi connectivity index (χ0n) is 26.1. The molecule has 2 heterocycles. The minimum absolute atomic E-state index is 0.0798. The van der Waals surface area contributed by atoms with Gasteiger partial charge in [0.2, 0.25) is 16.3 Å². The van der Waals surface area contributed by atoms with Gasteiger partial charge >= 0.3 is 0 Å². The highest BCUT2D eigenvalue weighted by Crippen LogP contribution is 2.55. The van der Waals surface area contributed by atoms with Gasteiger partial charge in [0, 0.05) is 46.8 Å². The fraction of sp³-hybridized carbons (Fsp3) is 0.303. The number of nitrogens with zero attached hydrogens (tertiary/aromatic N) is 3. The van der Waals surface area contributed by atoms with Crippen molar-refractivity contribution in [2.75, 3.05) is 46.9 Å². The zero-order valence-corrected chi connectivity index (χ0v) is 28.3. The van der Waals surface area contributed by atoms with E-state index in [4.69, 9.17) is 4.74 Å². The number of aromatic amines is 1. The number of hydrogen-bond acceptors (Lipinski definition) is 13. The van der Waals surface area contributed by atoms with Crippen molar-refractivity contribution in [1.29, 1.82) is 0 Å². The Morgan fingerprint density at radius 2 is 1.65 bits per heavy atom. The summed E-state index contributed by atoms with van der Waals surface area (Å²) < 4.78 is 5.40. The number of rotatable bonds is 5. The number of aromatic hydroxyl groups is 1. The maximum Gasteiger partial charge on any atom is 0.260 e. The SMILES string of the molecule is COc1cc(=O)c2c(=O)c3c(c(=O)c=2c1=O)=C(O)[C@]1(CCc2c1c(O)c1c(=O)[nH]c(/C=N/NC(=O)CN4CCN(C)CC4)cc1c2I)C=3O. The molecule has 1 amide bonds. The molecule has 0 bridgehead atoms. The molecule has 1 atom stereocenters. The Bertz CT molecular complexity index is 2660. The number of benzene rings is 1. The van der Waals surface area contributed by atoms with E-state index in [1.54, 1.807) is 6.07 Å². The number of carbonyl (C=O) groups is 1. The van der Waals surface area contributed by atoms with Crippen molar-refractivity contribution >= 4 is 57.0 Å². The molecule has 1 aromatic heterocycles. The van der Waals surface area contributed by atoms with Crippen LogP contribution in [0.2, 0.25) is 0 Å². The van der Waals surface area contributed by atoms with Gasteiger partial charge in [-0.3, -0.25) is 33.7 Å². The first kappa shape index (κ1) is 32.6. The first-order chi connectivity index (χ1) is 23.3. The molecule has 1 saturated heterocycles. The molecule has 5 N–H and O–H groups in total. The number of aromatic nitrogens is 1. The third-order valence-electron chi connectivity index (χ3n) is 9.73. The van der Waals surface area contributed by atoms with Crippen LogP contribution in [-0.4, -0.2) is 89.1 Å². The van der Waals surface area contributed by atoms with E-state index in [9.17, 15) is 44.1 Å². The number of hydrogen-bond donors (Lipinski definition) is 5. The molecular weight excluding hydrogens is 753 g/mol. The van der Waals surface area contributed by atoms with Crippen molar-refractivity contribution in [2.45, 2.75) is 18.3 Å². The summed E-state index contributed by atoms with van der Waals surface area (Å²) in [5, 5.41) is 36.3. The number of hydrazone groups is 1. The topological polar surface area (TPSA) is 219 Å². The molecule has 5 aliphatic rings. The van der Waals surface area contributed by atoms with E-state index in [-0.39, 0.29) is 41.9 Å². The number of methoxy groups -OCH3 is 1. The maximum atomic E-state index is 13.7. The quantitative estimate of drug-likeness (QED) is 0.0830. The Morgan fingerprint density at radius 1 is 1.00 bits per heavy atom. The smallest absolute Gasteiger partial charge is 0.260 e. The van der Waals surface area contributed by atoms with Crippen LogP contribution < -0.4 is 47.9 Å². The normalized spacial score (nSPS) is 19.4. The number of nitrogens with one attached hydrogen (secondary N) is 2. The Balaban J connectivity index is 1.34. The van der Waals surface area contributed by atoms with Crippen LogP contribution in [0.3, 0.4) is 0 Å². The number of phenolic OH excluding ortho intramolecular Hbond substituents is 1. The first-order valence-electron chi connectivity index (χ1n) is 15.2. The van der Waals surface area contributed by atoms with Crippen LogP contribution in [0.1, 0.15) is 23.2 Å². The highest BCUT2D eigenvalue weighted by Gasteiger charge is 2.53. The minimum atomic E-state index is -2.01. The molecule has 252 valence electrons. The lowest BCUT2D eigenvalue weighted by molar-refractivity contribution is -0.122. The number of likely N-dealkylation sites (N-methyl/N-ethyl adjacent to an activating group) is 1. The van der Waals surface area contributed by atoms with Crippen LogP contribution in [-0.2, 0) is 16.6 Å². The Labute approximate surface area is 287 Å². The highest BCUT2D eigenvalue weighted by molar-refractivity contribution is 14.1. The van der Waals surface area contributed by atoms with Crippen LogP contribution in [0.5, 0.6) is 11.5 Å². The van der Waals surface area contributed by atoms with Crippen LogP contribution >= 0.6 is 22.6 Å². The lowest BCUT2D eigenvalue weighted by Crippen LogP contribution is -2.51. The molecular formula is C33H28IN5O10. The van der Waals surface area contributed by atoms with E-state index in [2.05, 4.69) is 20.4 Å². The Hall–Kier alpha value is -4.94. The number of fused-ring (bicyclic) bond motifs is 4. The molecule has 1 aromatic carbocycles.